The molecule has 0 aliphatic rings. The lowest BCUT2D eigenvalue weighted by Crippen LogP contribution is -2.35. The number of hydrazine groups is 1. The molecule has 0 amide bonds. The van der Waals surface area contributed by atoms with Gasteiger partial charge < -0.3 is 5.43 Å². The Kier molecular flexibility index (Phi) is 5.34. The summed E-state index contributed by atoms with van der Waals surface area (Å²) in [6.07, 6.45) is 0.832. The minimum Gasteiger partial charge on any atom is -0.324 e. The second-order valence-corrected chi connectivity index (χ2v) is 7.17. The fraction of sp³-hybridized carbons (Fsp3) is 0.538. The number of hydrogen-bond acceptors (Lipinski definition) is 4. The van der Waals surface area contributed by atoms with Crippen molar-refractivity contribution in [3.8, 4) is 0 Å². The smallest absolute Gasteiger partial charge is 0.243 e. The largest absolute Gasteiger partial charge is 0.324 e. The Morgan fingerprint density at radius 1 is 1.21 bits per heavy atom. The SMILES string of the molecule is CC(C)CC(C)N(C)S(=O)(=O)c1ccc(NN)cc1. The summed E-state index contributed by atoms with van der Waals surface area (Å²) in [7, 11) is -1.82. The summed E-state index contributed by atoms with van der Waals surface area (Å²) in [5.74, 6) is 5.72. The lowest BCUT2D eigenvalue weighted by molar-refractivity contribution is 0.338. The van der Waals surface area contributed by atoms with Crippen LogP contribution in [0.2, 0.25) is 0 Å². The number of nitrogens with one attached hydrogen (secondary N) is 1. The number of rotatable bonds is 6. The lowest BCUT2D eigenvalue weighted by atomic mass is 10.1. The Morgan fingerprint density at radius 2 is 1.74 bits per heavy atom. The second-order valence-electron chi connectivity index (χ2n) is 5.17. The van der Waals surface area contributed by atoms with E-state index in [1.807, 2.05) is 6.92 Å². The number of hydrogen-bond donors (Lipinski definition) is 2. The number of benzene rings is 1. The van der Waals surface area contributed by atoms with Gasteiger partial charge in [-0.15, -0.1) is 0 Å². The Labute approximate surface area is 115 Å². The van der Waals surface area contributed by atoms with Crippen LogP contribution in [0, 0.1) is 5.92 Å². The Balaban J connectivity index is 2.95. The Bertz CT molecular complexity index is 497. The van der Waals surface area contributed by atoms with Crippen LogP contribution in [0.4, 0.5) is 5.69 Å². The molecule has 0 spiro atoms. The third-order valence-corrected chi connectivity index (χ3v) is 5.12. The van der Waals surface area contributed by atoms with Gasteiger partial charge in [-0.2, -0.15) is 4.31 Å². The van der Waals surface area contributed by atoms with E-state index in [1.54, 1.807) is 31.3 Å². The summed E-state index contributed by atoms with van der Waals surface area (Å²) in [5.41, 5.74) is 3.15. The van der Waals surface area contributed by atoms with E-state index in [9.17, 15) is 8.42 Å². The van der Waals surface area contributed by atoms with Crippen LogP contribution in [0.25, 0.3) is 0 Å². The van der Waals surface area contributed by atoms with Crippen LogP contribution in [0.5, 0.6) is 0 Å². The molecular formula is C13H23N3O2S. The van der Waals surface area contributed by atoms with Gasteiger partial charge in [0.1, 0.15) is 0 Å². The summed E-state index contributed by atoms with van der Waals surface area (Å²) in [5, 5.41) is 0. The van der Waals surface area contributed by atoms with Crippen molar-refractivity contribution in [2.24, 2.45) is 11.8 Å². The van der Waals surface area contributed by atoms with Gasteiger partial charge in [0.05, 0.1) is 4.90 Å². The summed E-state index contributed by atoms with van der Waals surface area (Å²) in [4.78, 5) is 0.282. The molecule has 0 heterocycles. The number of nitrogens with zero attached hydrogens (tertiary/aromatic N) is 1. The molecule has 1 aromatic carbocycles. The molecule has 1 aromatic rings. The highest BCUT2D eigenvalue weighted by Crippen LogP contribution is 2.21. The van der Waals surface area contributed by atoms with E-state index in [2.05, 4.69) is 19.3 Å². The fourth-order valence-electron chi connectivity index (χ4n) is 1.96. The zero-order valence-corrected chi connectivity index (χ0v) is 12.7. The molecule has 0 saturated heterocycles. The maximum absolute atomic E-state index is 12.4. The van der Waals surface area contributed by atoms with Crippen LogP contribution < -0.4 is 11.3 Å². The normalized spacial score (nSPS) is 13.8. The standard InChI is InChI=1S/C13H23N3O2S/c1-10(2)9-11(3)16(4)19(17,18)13-7-5-12(15-14)6-8-13/h5-8,10-11,15H,9,14H2,1-4H3. The van der Waals surface area contributed by atoms with E-state index in [4.69, 9.17) is 5.84 Å². The second kappa shape index (κ2) is 6.36. The summed E-state index contributed by atoms with van der Waals surface area (Å²) in [6.45, 7) is 6.09. The van der Waals surface area contributed by atoms with Crippen LogP contribution in [-0.4, -0.2) is 25.8 Å². The molecule has 0 bridgehead atoms. The van der Waals surface area contributed by atoms with Gasteiger partial charge in [-0.25, -0.2) is 8.42 Å². The van der Waals surface area contributed by atoms with E-state index < -0.39 is 10.0 Å². The molecule has 0 aliphatic carbocycles. The molecule has 5 nitrogen and oxygen atoms in total. The first-order valence-corrected chi connectivity index (χ1v) is 7.77. The predicted molar refractivity (Wildman–Crippen MR) is 78.1 cm³/mol. The maximum atomic E-state index is 12.4. The molecular weight excluding hydrogens is 262 g/mol. The lowest BCUT2D eigenvalue weighted by Gasteiger charge is -2.25. The van der Waals surface area contributed by atoms with Crippen molar-refractivity contribution >= 4 is 15.7 Å². The van der Waals surface area contributed by atoms with Crippen molar-refractivity contribution in [1.82, 2.24) is 4.31 Å². The van der Waals surface area contributed by atoms with Gasteiger partial charge in [-0.05, 0) is 43.5 Å². The van der Waals surface area contributed by atoms with Crippen molar-refractivity contribution in [2.45, 2.75) is 38.1 Å². The van der Waals surface area contributed by atoms with Crippen molar-refractivity contribution in [3.05, 3.63) is 24.3 Å². The molecule has 1 unspecified atom stereocenters. The Hall–Kier alpha value is -1.11. The molecule has 108 valence electrons. The summed E-state index contributed by atoms with van der Waals surface area (Å²) in [6, 6.07) is 6.38. The fourth-order valence-corrected chi connectivity index (χ4v) is 3.33. The van der Waals surface area contributed by atoms with Crippen molar-refractivity contribution in [2.75, 3.05) is 12.5 Å². The molecule has 0 fully saturated rings. The quantitative estimate of drug-likeness (QED) is 0.619. The van der Waals surface area contributed by atoms with Gasteiger partial charge in [0, 0.05) is 18.8 Å². The highest BCUT2D eigenvalue weighted by Gasteiger charge is 2.25. The van der Waals surface area contributed by atoms with Crippen molar-refractivity contribution in [1.29, 1.82) is 0 Å². The number of anilines is 1. The Morgan fingerprint density at radius 3 is 2.16 bits per heavy atom. The molecule has 0 aliphatic heterocycles. The van der Waals surface area contributed by atoms with E-state index in [1.165, 1.54) is 4.31 Å². The monoisotopic (exact) mass is 285 g/mol. The van der Waals surface area contributed by atoms with E-state index in [-0.39, 0.29) is 10.9 Å². The van der Waals surface area contributed by atoms with Gasteiger partial charge in [0.15, 0.2) is 0 Å². The third-order valence-electron chi connectivity index (χ3n) is 3.13. The number of nitrogen functional groups attached to an aromatic ring is 1. The van der Waals surface area contributed by atoms with Crippen LogP contribution in [0.3, 0.4) is 0 Å². The molecule has 1 rings (SSSR count). The number of sulfonamides is 1. The van der Waals surface area contributed by atoms with E-state index >= 15 is 0 Å². The molecule has 1 atom stereocenters. The first-order chi connectivity index (χ1) is 8.78. The molecule has 0 aromatic heterocycles. The average Bonchev–Trinajstić information content (AvgIpc) is 2.37. The average molecular weight is 285 g/mol. The van der Waals surface area contributed by atoms with E-state index in [0.717, 1.165) is 6.42 Å². The molecule has 0 radical (unpaired) electrons. The zero-order valence-electron chi connectivity index (χ0n) is 11.9. The van der Waals surface area contributed by atoms with Crippen LogP contribution >= 0.6 is 0 Å². The first-order valence-electron chi connectivity index (χ1n) is 6.33. The van der Waals surface area contributed by atoms with Crippen molar-refractivity contribution < 1.29 is 8.42 Å². The minimum absolute atomic E-state index is 0.0303. The minimum atomic E-state index is -3.44. The number of nitrogens with two attached hydrogens (primary N) is 1. The molecule has 3 N–H and O–H groups in total. The van der Waals surface area contributed by atoms with Gasteiger partial charge in [-0.3, -0.25) is 5.84 Å². The van der Waals surface area contributed by atoms with Gasteiger partial charge >= 0.3 is 0 Å². The van der Waals surface area contributed by atoms with E-state index in [0.29, 0.717) is 11.6 Å². The molecule has 19 heavy (non-hydrogen) atoms. The van der Waals surface area contributed by atoms with Crippen LogP contribution in [0.1, 0.15) is 27.2 Å². The topological polar surface area (TPSA) is 75.4 Å². The highest BCUT2D eigenvalue weighted by atomic mass is 32.2. The zero-order chi connectivity index (χ0) is 14.6. The summed E-state index contributed by atoms with van der Waals surface area (Å²) >= 11 is 0. The van der Waals surface area contributed by atoms with Crippen molar-refractivity contribution in [3.63, 3.8) is 0 Å². The first kappa shape index (κ1) is 15.9. The highest BCUT2D eigenvalue weighted by molar-refractivity contribution is 7.89. The van der Waals surface area contributed by atoms with Gasteiger partial charge in [0.25, 0.3) is 0 Å². The summed E-state index contributed by atoms with van der Waals surface area (Å²) < 4.78 is 26.3. The van der Waals surface area contributed by atoms with Gasteiger partial charge in [0.2, 0.25) is 10.0 Å². The molecule has 0 saturated carbocycles. The van der Waals surface area contributed by atoms with Crippen LogP contribution in [-0.2, 0) is 10.0 Å². The van der Waals surface area contributed by atoms with Gasteiger partial charge in [-0.1, -0.05) is 13.8 Å². The molecule has 6 heteroatoms. The maximum Gasteiger partial charge on any atom is 0.243 e. The van der Waals surface area contributed by atoms with Crippen LogP contribution in [0.15, 0.2) is 29.2 Å². The third kappa shape index (κ3) is 3.92. The predicted octanol–water partition coefficient (Wildman–Crippen LogP) is 2.03.